The van der Waals surface area contributed by atoms with Crippen molar-refractivity contribution in [2.75, 3.05) is 11.9 Å². The van der Waals surface area contributed by atoms with Gasteiger partial charge >= 0.3 is 59.1 Å². The first kappa shape index (κ1) is 29.4. The summed E-state index contributed by atoms with van der Waals surface area (Å²) >= 11 is -4.53. The van der Waals surface area contributed by atoms with Crippen molar-refractivity contribution in [3.8, 4) is 0 Å². The topological polar surface area (TPSA) is 152 Å². The van der Waals surface area contributed by atoms with Gasteiger partial charge in [-0.3, -0.25) is 8.42 Å². The summed E-state index contributed by atoms with van der Waals surface area (Å²) in [6.07, 6.45) is 0. The zero-order chi connectivity index (χ0) is 8.57. The molecule has 0 aliphatic heterocycles. The summed E-state index contributed by atoms with van der Waals surface area (Å²) in [5, 5.41) is 15.1. The van der Waals surface area contributed by atoms with Crippen LogP contribution >= 0.6 is 0 Å². The van der Waals surface area contributed by atoms with E-state index in [0.29, 0.717) is 0 Å². The predicted octanol–water partition coefficient (Wildman–Crippen LogP) is -9.19. The quantitative estimate of drug-likeness (QED) is 0.368. The Kier molecular flexibility index (Phi) is 53.7. The summed E-state index contributed by atoms with van der Waals surface area (Å²) in [7, 11) is 0. The van der Waals surface area contributed by atoms with Crippen LogP contribution in [0.25, 0.3) is 0 Å². The molecule has 2 atom stereocenters. The second-order valence-electron chi connectivity index (χ2n) is 0.866. The molecular weight excluding hydrogens is 246 g/mol. The van der Waals surface area contributed by atoms with Gasteiger partial charge in [-0.05, 0) is 22.2 Å². The molecule has 0 bridgehead atoms. The van der Waals surface area contributed by atoms with E-state index in [0.717, 1.165) is 0 Å². The number of rotatable bonds is 2. The fourth-order valence-corrected chi connectivity index (χ4v) is 0. The molecule has 0 spiro atoms. The number of hydrogen-bond acceptors (Lipinski definition) is 6. The van der Waals surface area contributed by atoms with Crippen molar-refractivity contribution in [3.05, 3.63) is 0 Å². The van der Waals surface area contributed by atoms with Gasteiger partial charge in [-0.15, -0.1) is 0 Å². The molecule has 0 amide bonds. The second-order valence-corrected chi connectivity index (χ2v) is 2.60. The molecule has 13 heavy (non-hydrogen) atoms. The van der Waals surface area contributed by atoms with Gasteiger partial charge in [0.05, 0.1) is 0 Å². The summed E-state index contributed by atoms with van der Waals surface area (Å²) in [5.41, 5.74) is 0. The SMILES string of the molecule is O.O=S([O-])CO.O=S([O-])CO.[Na+].[Na+]. The van der Waals surface area contributed by atoms with Crippen LogP contribution in [0.1, 0.15) is 0 Å². The molecule has 7 nitrogen and oxygen atoms in total. The van der Waals surface area contributed by atoms with Gasteiger partial charge < -0.3 is 24.8 Å². The maximum absolute atomic E-state index is 9.12. The Morgan fingerprint density at radius 2 is 1.00 bits per heavy atom. The van der Waals surface area contributed by atoms with E-state index in [9.17, 15) is 0 Å². The van der Waals surface area contributed by atoms with Gasteiger partial charge in [-0.2, -0.15) is 0 Å². The Hall–Kier alpha value is 2.10. The molecule has 4 N–H and O–H groups in total. The molecule has 0 aromatic rings. The second kappa shape index (κ2) is 23.7. The maximum Gasteiger partial charge on any atom is 1.00 e. The van der Waals surface area contributed by atoms with Crippen molar-refractivity contribution in [2.45, 2.75) is 0 Å². The molecule has 0 saturated carbocycles. The Morgan fingerprint density at radius 1 is 0.923 bits per heavy atom. The van der Waals surface area contributed by atoms with E-state index in [-0.39, 0.29) is 64.6 Å². The maximum atomic E-state index is 9.12. The van der Waals surface area contributed by atoms with Crippen LogP contribution in [0.3, 0.4) is 0 Å². The van der Waals surface area contributed by atoms with Gasteiger partial charge in [-0.25, -0.2) is 0 Å². The van der Waals surface area contributed by atoms with E-state index in [1.54, 1.807) is 0 Å². The molecule has 0 aliphatic rings. The van der Waals surface area contributed by atoms with Gasteiger partial charge in [0.2, 0.25) is 0 Å². The number of hydrogen-bond donors (Lipinski definition) is 2. The fourth-order valence-electron chi connectivity index (χ4n) is 0. The molecule has 11 heteroatoms. The van der Waals surface area contributed by atoms with Crippen LogP contribution < -0.4 is 59.1 Å². The van der Waals surface area contributed by atoms with Crippen molar-refractivity contribution in [1.29, 1.82) is 0 Å². The first-order valence-electron chi connectivity index (χ1n) is 1.88. The Bertz CT molecular complexity index is 107. The van der Waals surface area contributed by atoms with E-state index in [2.05, 4.69) is 0 Å². The minimum atomic E-state index is -2.27. The molecular formula is C2H8Na2O7S2. The summed E-state index contributed by atoms with van der Waals surface area (Å²) < 4.78 is 36.5. The van der Waals surface area contributed by atoms with Crippen LogP contribution in [0.4, 0.5) is 0 Å². The van der Waals surface area contributed by atoms with Gasteiger partial charge in [0.25, 0.3) is 0 Å². The molecule has 0 radical (unpaired) electrons. The molecule has 0 fully saturated rings. The zero-order valence-corrected chi connectivity index (χ0v) is 12.9. The first-order chi connectivity index (χ1) is 4.54. The van der Waals surface area contributed by atoms with E-state index in [1.807, 2.05) is 0 Å². The van der Waals surface area contributed by atoms with Crippen LogP contribution in [0.5, 0.6) is 0 Å². The first-order valence-corrected chi connectivity index (χ1v) is 4.36. The van der Waals surface area contributed by atoms with E-state index >= 15 is 0 Å². The standard InChI is InChI=1S/2CH4O3S.2Na.H2O/c2*2-1-5(3)4;;;/h2*2H,1H2,(H,3,4);;;1H2/q;;2*+1;/p-2. The molecule has 0 rings (SSSR count). The van der Waals surface area contributed by atoms with E-state index in [1.165, 1.54) is 0 Å². The minimum absolute atomic E-state index is 0. The summed E-state index contributed by atoms with van der Waals surface area (Å²) in [5.74, 6) is -1.56. The van der Waals surface area contributed by atoms with Crippen molar-refractivity contribution in [2.24, 2.45) is 0 Å². The van der Waals surface area contributed by atoms with Crippen molar-refractivity contribution < 1.29 is 92.3 Å². The van der Waals surface area contributed by atoms with Crippen LogP contribution in [-0.4, -0.2) is 45.1 Å². The van der Waals surface area contributed by atoms with Crippen LogP contribution in [0, 0.1) is 0 Å². The summed E-state index contributed by atoms with van der Waals surface area (Å²) in [4.78, 5) is 0. The largest absolute Gasteiger partial charge is 1.00 e. The molecule has 72 valence electrons. The number of aliphatic hydroxyl groups is 2. The Balaban J connectivity index is -0.0000000267. The third kappa shape index (κ3) is 55.5. The normalized spacial score (nSPS) is 11.4. The van der Waals surface area contributed by atoms with Crippen molar-refractivity contribution in [3.63, 3.8) is 0 Å². The van der Waals surface area contributed by atoms with E-state index in [4.69, 9.17) is 27.7 Å². The van der Waals surface area contributed by atoms with Gasteiger partial charge in [0.15, 0.2) is 0 Å². The van der Waals surface area contributed by atoms with Crippen LogP contribution in [0.15, 0.2) is 0 Å². The third-order valence-electron chi connectivity index (χ3n) is 0.211. The minimum Gasteiger partial charge on any atom is -0.771 e. The summed E-state index contributed by atoms with van der Waals surface area (Å²) in [6, 6.07) is 0. The number of aliphatic hydroxyl groups excluding tert-OH is 2. The average molecular weight is 254 g/mol. The fraction of sp³-hybridized carbons (Fsp3) is 1.00. The molecule has 0 heterocycles. The van der Waals surface area contributed by atoms with Gasteiger partial charge in [0.1, 0.15) is 11.9 Å². The van der Waals surface area contributed by atoms with Gasteiger partial charge in [0, 0.05) is 0 Å². The summed E-state index contributed by atoms with van der Waals surface area (Å²) in [6.45, 7) is 0. The van der Waals surface area contributed by atoms with Crippen LogP contribution in [-0.2, 0) is 22.2 Å². The molecule has 0 saturated heterocycles. The van der Waals surface area contributed by atoms with Crippen molar-refractivity contribution in [1.82, 2.24) is 0 Å². The zero-order valence-electron chi connectivity index (χ0n) is 7.26. The molecule has 0 aromatic carbocycles. The van der Waals surface area contributed by atoms with E-state index < -0.39 is 34.0 Å². The van der Waals surface area contributed by atoms with Gasteiger partial charge in [-0.1, -0.05) is 0 Å². The average Bonchev–Trinajstić information content (AvgIpc) is 1.89. The molecule has 0 aliphatic carbocycles. The molecule has 0 aromatic heterocycles. The molecule has 2 unspecified atom stereocenters. The smallest absolute Gasteiger partial charge is 0.771 e. The Labute approximate surface area is 125 Å². The Morgan fingerprint density at radius 3 is 1.00 bits per heavy atom. The van der Waals surface area contributed by atoms with Crippen molar-refractivity contribution >= 4 is 22.2 Å². The third-order valence-corrected chi connectivity index (χ3v) is 0.632. The van der Waals surface area contributed by atoms with Crippen LogP contribution in [0.2, 0.25) is 0 Å². The monoisotopic (exact) mass is 254 g/mol. The predicted molar refractivity (Wildman–Crippen MR) is 35.6 cm³/mol.